The van der Waals surface area contributed by atoms with Crippen molar-refractivity contribution in [1.29, 1.82) is 0 Å². The number of carbonyl (C=O) groups is 2. The van der Waals surface area contributed by atoms with E-state index in [-0.39, 0.29) is 12.1 Å². The summed E-state index contributed by atoms with van der Waals surface area (Å²) in [5.41, 5.74) is 0.270. The topological polar surface area (TPSA) is 108 Å². The molecule has 2 aromatic rings. The molecular weight excluding hydrogens is 426 g/mol. The largest absolute Gasteiger partial charge is 0.493 e. The standard InChI is InChI=1S/C24H31N3O6/c1-30-19-12-17(13-20(31-2)22(19)32-3)24(29)26-14-21(28)27-23-18(10-7-11-25-23)33-15-16-8-5-4-6-9-16/h7,10-13,16H,4-6,8-9,14-15H2,1-3H3,(H,26,29)(H,25,27,28). The lowest BCUT2D eigenvalue weighted by Crippen LogP contribution is -2.33. The van der Waals surface area contributed by atoms with Crippen LogP contribution in [0.25, 0.3) is 0 Å². The minimum absolute atomic E-state index is 0.242. The fourth-order valence-corrected chi connectivity index (χ4v) is 3.81. The highest BCUT2D eigenvalue weighted by molar-refractivity contribution is 6.00. The summed E-state index contributed by atoms with van der Waals surface area (Å²) in [7, 11) is 4.41. The van der Waals surface area contributed by atoms with Gasteiger partial charge in [-0.15, -0.1) is 0 Å². The molecule has 1 fully saturated rings. The van der Waals surface area contributed by atoms with E-state index >= 15 is 0 Å². The van der Waals surface area contributed by atoms with Crippen LogP contribution in [0, 0.1) is 5.92 Å². The fraction of sp³-hybridized carbons (Fsp3) is 0.458. The van der Waals surface area contributed by atoms with Gasteiger partial charge in [-0.1, -0.05) is 19.3 Å². The maximum Gasteiger partial charge on any atom is 0.251 e. The molecule has 0 aliphatic heterocycles. The predicted molar refractivity (Wildman–Crippen MR) is 123 cm³/mol. The van der Waals surface area contributed by atoms with Gasteiger partial charge in [-0.2, -0.15) is 0 Å². The van der Waals surface area contributed by atoms with E-state index in [0.29, 0.717) is 41.3 Å². The van der Waals surface area contributed by atoms with E-state index < -0.39 is 11.8 Å². The zero-order valence-electron chi connectivity index (χ0n) is 19.3. The van der Waals surface area contributed by atoms with Crippen molar-refractivity contribution in [2.75, 3.05) is 39.8 Å². The molecule has 1 aliphatic carbocycles. The van der Waals surface area contributed by atoms with Crippen molar-refractivity contribution in [3.05, 3.63) is 36.0 Å². The third-order valence-electron chi connectivity index (χ3n) is 5.56. The van der Waals surface area contributed by atoms with E-state index in [4.69, 9.17) is 18.9 Å². The Morgan fingerprint density at radius 2 is 1.70 bits per heavy atom. The molecule has 1 aromatic carbocycles. The second-order valence-corrected chi connectivity index (χ2v) is 7.81. The van der Waals surface area contributed by atoms with Crippen molar-refractivity contribution >= 4 is 17.6 Å². The Balaban J connectivity index is 1.58. The number of nitrogens with zero attached hydrogens (tertiary/aromatic N) is 1. The van der Waals surface area contributed by atoms with Gasteiger partial charge >= 0.3 is 0 Å². The number of methoxy groups -OCH3 is 3. The third kappa shape index (κ3) is 6.50. The van der Waals surface area contributed by atoms with Crippen LogP contribution in [0.1, 0.15) is 42.5 Å². The monoisotopic (exact) mass is 457 g/mol. The number of anilines is 1. The van der Waals surface area contributed by atoms with Gasteiger partial charge in [-0.25, -0.2) is 4.98 Å². The summed E-state index contributed by atoms with van der Waals surface area (Å²) in [6.07, 6.45) is 7.65. The minimum atomic E-state index is -0.459. The molecule has 1 aromatic heterocycles. The summed E-state index contributed by atoms with van der Waals surface area (Å²) in [5.74, 6) is 1.58. The van der Waals surface area contributed by atoms with Gasteiger partial charge in [0.25, 0.3) is 5.91 Å². The molecule has 1 heterocycles. The molecule has 0 radical (unpaired) electrons. The van der Waals surface area contributed by atoms with Gasteiger partial charge in [0.1, 0.15) is 0 Å². The second kappa shape index (κ2) is 11.9. The molecular formula is C24H31N3O6. The van der Waals surface area contributed by atoms with Crippen LogP contribution >= 0.6 is 0 Å². The van der Waals surface area contributed by atoms with Crippen LogP contribution in [0.4, 0.5) is 5.82 Å². The first kappa shape index (κ1) is 24.2. The Hall–Kier alpha value is -3.49. The highest BCUT2D eigenvalue weighted by atomic mass is 16.5. The maximum atomic E-state index is 12.6. The van der Waals surface area contributed by atoms with Crippen molar-refractivity contribution < 1.29 is 28.5 Å². The van der Waals surface area contributed by atoms with Gasteiger partial charge in [0.05, 0.1) is 34.5 Å². The summed E-state index contributed by atoms with van der Waals surface area (Å²) in [6, 6.07) is 6.58. The van der Waals surface area contributed by atoms with Gasteiger partial charge in [-0.05, 0) is 43.0 Å². The van der Waals surface area contributed by atoms with Crippen molar-refractivity contribution in [3.8, 4) is 23.0 Å². The van der Waals surface area contributed by atoms with Crippen molar-refractivity contribution in [2.45, 2.75) is 32.1 Å². The summed E-state index contributed by atoms with van der Waals surface area (Å²) in [4.78, 5) is 29.3. The molecule has 1 aliphatic rings. The molecule has 0 spiro atoms. The van der Waals surface area contributed by atoms with Crippen molar-refractivity contribution in [2.24, 2.45) is 5.92 Å². The number of ether oxygens (including phenoxy) is 4. The van der Waals surface area contributed by atoms with Gasteiger partial charge in [0, 0.05) is 11.8 Å². The summed E-state index contributed by atoms with van der Waals surface area (Å²) in [6.45, 7) is 0.362. The van der Waals surface area contributed by atoms with Crippen LogP contribution in [0.5, 0.6) is 23.0 Å². The lowest BCUT2D eigenvalue weighted by atomic mass is 9.90. The van der Waals surface area contributed by atoms with Crippen molar-refractivity contribution in [1.82, 2.24) is 10.3 Å². The first-order valence-corrected chi connectivity index (χ1v) is 11.0. The Kier molecular flexibility index (Phi) is 8.74. The summed E-state index contributed by atoms with van der Waals surface area (Å²) >= 11 is 0. The molecule has 0 atom stereocenters. The number of hydrogen-bond acceptors (Lipinski definition) is 7. The molecule has 9 heteroatoms. The van der Waals surface area contributed by atoms with Gasteiger partial charge in [0.2, 0.25) is 11.7 Å². The quantitative estimate of drug-likeness (QED) is 0.563. The second-order valence-electron chi connectivity index (χ2n) is 7.81. The normalized spacial score (nSPS) is 13.7. The Labute approximate surface area is 193 Å². The number of rotatable bonds is 10. The number of pyridine rings is 1. The van der Waals surface area contributed by atoms with E-state index in [1.165, 1.54) is 52.7 Å². The summed E-state index contributed by atoms with van der Waals surface area (Å²) < 4.78 is 21.7. The molecule has 0 unspecified atom stereocenters. The minimum Gasteiger partial charge on any atom is -0.493 e. The first-order valence-electron chi connectivity index (χ1n) is 11.0. The lowest BCUT2D eigenvalue weighted by molar-refractivity contribution is -0.115. The average Bonchev–Trinajstić information content (AvgIpc) is 2.86. The molecule has 178 valence electrons. The van der Waals surface area contributed by atoms with Crippen LogP contribution in [-0.2, 0) is 4.79 Å². The van der Waals surface area contributed by atoms with Crippen LogP contribution in [-0.4, -0.2) is 51.3 Å². The van der Waals surface area contributed by atoms with Crippen LogP contribution < -0.4 is 29.6 Å². The average molecular weight is 458 g/mol. The number of hydrogen-bond donors (Lipinski definition) is 2. The highest BCUT2D eigenvalue weighted by Gasteiger charge is 2.19. The zero-order valence-corrected chi connectivity index (χ0v) is 19.3. The Bertz CT molecular complexity index is 934. The predicted octanol–water partition coefficient (Wildman–Crippen LogP) is 3.44. The van der Waals surface area contributed by atoms with Gasteiger partial charge < -0.3 is 29.6 Å². The Morgan fingerprint density at radius 3 is 2.33 bits per heavy atom. The van der Waals surface area contributed by atoms with E-state index in [9.17, 15) is 9.59 Å². The van der Waals surface area contributed by atoms with Crippen LogP contribution in [0.15, 0.2) is 30.5 Å². The zero-order chi connectivity index (χ0) is 23.6. The Morgan fingerprint density at radius 1 is 1.00 bits per heavy atom. The number of benzene rings is 1. The molecule has 9 nitrogen and oxygen atoms in total. The van der Waals surface area contributed by atoms with E-state index in [1.807, 2.05) is 0 Å². The van der Waals surface area contributed by atoms with Gasteiger partial charge in [-0.3, -0.25) is 9.59 Å². The number of amides is 2. The lowest BCUT2D eigenvalue weighted by Gasteiger charge is -2.22. The number of carbonyl (C=O) groups excluding carboxylic acids is 2. The van der Waals surface area contributed by atoms with E-state index in [0.717, 1.165) is 12.8 Å². The SMILES string of the molecule is COc1cc(C(=O)NCC(=O)Nc2ncccc2OCC2CCCCC2)cc(OC)c1OC. The fourth-order valence-electron chi connectivity index (χ4n) is 3.81. The molecule has 2 N–H and O–H groups in total. The summed E-state index contributed by atoms with van der Waals surface area (Å²) in [5, 5.41) is 5.30. The molecule has 3 rings (SSSR count). The molecule has 2 amide bonds. The smallest absolute Gasteiger partial charge is 0.251 e. The molecule has 33 heavy (non-hydrogen) atoms. The van der Waals surface area contributed by atoms with Crippen molar-refractivity contribution in [3.63, 3.8) is 0 Å². The molecule has 1 saturated carbocycles. The molecule has 0 saturated heterocycles. The maximum absolute atomic E-state index is 12.6. The van der Waals surface area contributed by atoms with E-state index in [1.54, 1.807) is 18.3 Å². The highest BCUT2D eigenvalue weighted by Crippen LogP contribution is 2.38. The third-order valence-corrected chi connectivity index (χ3v) is 5.56. The van der Waals surface area contributed by atoms with Gasteiger partial charge in [0.15, 0.2) is 23.1 Å². The number of aromatic nitrogens is 1. The number of nitrogens with one attached hydrogen (secondary N) is 2. The van der Waals surface area contributed by atoms with E-state index in [2.05, 4.69) is 15.6 Å². The first-order chi connectivity index (χ1) is 16.0. The molecule has 0 bridgehead atoms. The van der Waals surface area contributed by atoms with Crippen LogP contribution in [0.2, 0.25) is 0 Å². The van der Waals surface area contributed by atoms with Crippen LogP contribution in [0.3, 0.4) is 0 Å².